The van der Waals surface area contributed by atoms with E-state index in [-0.39, 0.29) is 17.8 Å². The van der Waals surface area contributed by atoms with Crippen LogP contribution in [0.15, 0.2) is 24.3 Å². The first-order valence-corrected chi connectivity index (χ1v) is 7.42. The van der Waals surface area contributed by atoms with Gasteiger partial charge in [-0.1, -0.05) is 12.1 Å². The quantitative estimate of drug-likeness (QED) is 0.915. The van der Waals surface area contributed by atoms with Gasteiger partial charge in [0.1, 0.15) is 5.82 Å². The fraction of sp³-hybridized carbons (Fsp3) is 0.562. The number of nitrogens with zero attached hydrogens (tertiary/aromatic N) is 1. The van der Waals surface area contributed by atoms with Gasteiger partial charge in [-0.05, 0) is 43.9 Å². The largest absolute Gasteiger partial charge is 0.338 e. The molecule has 1 heterocycles. The Bertz CT molecular complexity index is 484. The van der Waals surface area contributed by atoms with E-state index in [9.17, 15) is 9.18 Å². The monoisotopic (exact) mass is 276 g/mol. The Hall–Kier alpha value is -1.42. The van der Waals surface area contributed by atoms with Gasteiger partial charge >= 0.3 is 0 Å². The SMILES string of the molecule is CC1CC(c2ccc(F)cc2)CN1C(=O)CNC1CC1. The summed E-state index contributed by atoms with van der Waals surface area (Å²) in [7, 11) is 0. The molecular formula is C16H21FN2O. The summed E-state index contributed by atoms with van der Waals surface area (Å²) >= 11 is 0. The molecule has 0 aromatic heterocycles. The summed E-state index contributed by atoms with van der Waals surface area (Å²) in [5.41, 5.74) is 1.13. The van der Waals surface area contributed by atoms with Crippen molar-refractivity contribution in [1.29, 1.82) is 0 Å². The van der Waals surface area contributed by atoms with Crippen LogP contribution in [-0.2, 0) is 4.79 Å². The van der Waals surface area contributed by atoms with Crippen LogP contribution in [0.4, 0.5) is 4.39 Å². The summed E-state index contributed by atoms with van der Waals surface area (Å²) in [5, 5.41) is 3.28. The van der Waals surface area contributed by atoms with Crippen LogP contribution in [0.2, 0.25) is 0 Å². The molecule has 1 aromatic carbocycles. The Morgan fingerprint density at radius 3 is 2.70 bits per heavy atom. The number of carbonyl (C=O) groups excluding carboxylic acids is 1. The summed E-state index contributed by atoms with van der Waals surface area (Å²) in [4.78, 5) is 14.2. The zero-order valence-corrected chi connectivity index (χ0v) is 11.8. The number of hydrogen-bond donors (Lipinski definition) is 1. The number of nitrogens with one attached hydrogen (secondary N) is 1. The van der Waals surface area contributed by atoms with Gasteiger partial charge in [-0.3, -0.25) is 4.79 Å². The molecule has 2 fully saturated rings. The van der Waals surface area contributed by atoms with E-state index in [1.165, 1.54) is 25.0 Å². The van der Waals surface area contributed by atoms with Crippen LogP contribution in [-0.4, -0.2) is 36.0 Å². The molecule has 1 aliphatic carbocycles. The molecule has 0 spiro atoms. The fourth-order valence-electron chi connectivity index (χ4n) is 2.98. The van der Waals surface area contributed by atoms with Crippen LogP contribution < -0.4 is 5.32 Å². The van der Waals surface area contributed by atoms with Crippen molar-refractivity contribution in [3.05, 3.63) is 35.6 Å². The minimum Gasteiger partial charge on any atom is -0.338 e. The molecule has 0 radical (unpaired) electrons. The molecule has 1 aliphatic heterocycles. The maximum absolute atomic E-state index is 13.0. The molecule has 1 saturated carbocycles. The smallest absolute Gasteiger partial charge is 0.236 e. The normalized spacial score (nSPS) is 26.0. The highest BCUT2D eigenvalue weighted by molar-refractivity contribution is 5.79. The molecule has 2 aliphatic rings. The summed E-state index contributed by atoms with van der Waals surface area (Å²) in [5.74, 6) is 0.311. The number of amides is 1. The number of halogens is 1. The first kappa shape index (κ1) is 13.6. The lowest BCUT2D eigenvalue weighted by atomic mass is 9.97. The van der Waals surface area contributed by atoms with Gasteiger partial charge in [-0.15, -0.1) is 0 Å². The van der Waals surface area contributed by atoms with Crippen molar-refractivity contribution < 1.29 is 9.18 Å². The first-order chi connectivity index (χ1) is 9.63. The highest BCUT2D eigenvalue weighted by Gasteiger charge is 2.33. The Morgan fingerprint density at radius 1 is 1.35 bits per heavy atom. The van der Waals surface area contributed by atoms with E-state index in [2.05, 4.69) is 12.2 Å². The van der Waals surface area contributed by atoms with Crippen molar-refractivity contribution in [2.75, 3.05) is 13.1 Å². The van der Waals surface area contributed by atoms with Crippen LogP contribution in [0.3, 0.4) is 0 Å². The van der Waals surface area contributed by atoms with Crippen LogP contribution in [0.25, 0.3) is 0 Å². The highest BCUT2D eigenvalue weighted by Crippen LogP contribution is 2.31. The Labute approximate surface area is 119 Å². The second-order valence-corrected chi connectivity index (χ2v) is 6.03. The predicted octanol–water partition coefficient (Wildman–Crippen LogP) is 2.28. The molecule has 2 unspecified atom stereocenters. The molecule has 20 heavy (non-hydrogen) atoms. The third kappa shape index (κ3) is 3.01. The maximum atomic E-state index is 13.0. The average Bonchev–Trinajstić information content (AvgIpc) is 3.19. The summed E-state index contributed by atoms with van der Waals surface area (Å²) in [6, 6.07) is 7.49. The topological polar surface area (TPSA) is 32.3 Å². The first-order valence-electron chi connectivity index (χ1n) is 7.42. The van der Waals surface area contributed by atoms with Crippen molar-refractivity contribution in [2.24, 2.45) is 0 Å². The Morgan fingerprint density at radius 2 is 2.05 bits per heavy atom. The highest BCUT2D eigenvalue weighted by atomic mass is 19.1. The number of rotatable bonds is 4. The summed E-state index contributed by atoms with van der Waals surface area (Å²) in [6.45, 7) is 3.29. The Balaban J connectivity index is 1.60. The van der Waals surface area contributed by atoms with E-state index >= 15 is 0 Å². The fourth-order valence-corrected chi connectivity index (χ4v) is 2.98. The molecule has 1 amide bonds. The molecule has 1 N–H and O–H groups in total. The van der Waals surface area contributed by atoms with Crippen molar-refractivity contribution in [3.63, 3.8) is 0 Å². The van der Waals surface area contributed by atoms with Crippen LogP contribution in [0.5, 0.6) is 0 Å². The van der Waals surface area contributed by atoms with E-state index < -0.39 is 0 Å². The number of likely N-dealkylation sites (tertiary alicyclic amines) is 1. The van der Waals surface area contributed by atoms with Crippen molar-refractivity contribution in [1.82, 2.24) is 10.2 Å². The van der Waals surface area contributed by atoms with Gasteiger partial charge < -0.3 is 10.2 Å². The molecule has 2 atom stereocenters. The third-order valence-electron chi connectivity index (χ3n) is 4.36. The summed E-state index contributed by atoms with van der Waals surface area (Å²) < 4.78 is 13.0. The lowest BCUT2D eigenvalue weighted by Gasteiger charge is -2.21. The number of hydrogen-bond acceptors (Lipinski definition) is 2. The van der Waals surface area contributed by atoms with Gasteiger partial charge in [0.15, 0.2) is 0 Å². The minimum atomic E-state index is -0.207. The van der Waals surface area contributed by atoms with Crippen LogP contribution in [0, 0.1) is 5.82 Å². The minimum absolute atomic E-state index is 0.189. The molecule has 108 valence electrons. The molecule has 1 aromatic rings. The number of benzene rings is 1. The lowest BCUT2D eigenvalue weighted by molar-refractivity contribution is -0.130. The van der Waals surface area contributed by atoms with E-state index in [4.69, 9.17) is 0 Å². The lowest BCUT2D eigenvalue weighted by Crippen LogP contribution is -2.40. The standard InChI is InChI=1S/C16H21FN2O/c1-11-8-13(12-2-4-14(17)5-3-12)10-19(11)16(20)9-18-15-6-7-15/h2-5,11,13,15,18H,6-10H2,1H3. The zero-order chi connectivity index (χ0) is 14.1. The molecular weight excluding hydrogens is 255 g/mol. The second-order valence-electron chi connectivity index (χ2n) is 6.03. The molecule has 3 nitrogen and oxygen atoms in total. The van der Waals surface area contributed by atoms with Crippen molar-refractivity contribution in [2.45, 2.75) is 44.2 Å². The van der Waals surface area contributed by atoms with Gasteiger partial charge in [0, 0.05) is 24.5 Å². The van der Waals surface area contributed by atoms with E-state index in [0.717, 1.165) is 18.5 Å². The average molecular weight is 276 g/mol. The van der Waals surface area contributed by atoms with Gasteiger partial charge in [0.25, 0.3) is 0 Å². The van der Waals surface area contributed by atoms with E-state index in [1.807, 2.05) is 17.0 Å². The molecule has 1 saturated heterocycles. The Kier molecular flexibility index (Phi) is 3.74. The predicted molar refractivity (Wildman–Crippen MR) is 76.0 cm³/mol. The van der Waals surface area contributed by atoms with Crippen molar-refractivity contribution in [3.8, 4) is 0 Å². The van der Waals surface area contributed by atoms with Crippen molar-refractivity contribution >= 4 is 5.91 Å². The van der Waals surface area contributed by atoms with Gasteiger partial charge in [0.2, 0.25) is 5.91 Å². The summed E-state index contributed by atoms with van der Waals surface area (Å²) in [6.07, 6.45) is 3.35. The van der Waals surface area contributed by atoms with Gasteiger partial charge in [0.05, 0.1) is 6.54 Å². The number of carbonyl (C=O) groups is 1. The third-order valence-corrected chi connectivity index (χ3v) is 4.36. The van der Waals surface area contributed by atoms with Gasteiger partial charge in [-0.25, -0.2) is 4.39 Å². The molecule has 0 bridgehead atoms. The molecule has 3 rings (SSSR count). The van der Waals surface area contributed by atoms with E-state index in [1.54, 1.807) is 0 Å². The van der Waals surface area contributed by atoms with Gasteiger partial charge in [-0.2, -0.15) is 0 Å². The molecule has 4 heteroatoms. The maximum Gasteiger partial charge on any atom is 0.236 e. The zero-order valence-electron chi connectivity index (χ0n) is 11.8. The van der Waals surface area contributed by atoms with Crippen LogP contribution >= 0.6 is 0 Å². The second kappa shape index (κ2) is 5.52. The van der Waals surface area contributed by atoms with Crippen LogP contribution in [0.1, 0.15) is 37.7 Å². The van der Waals surface area contributed by atoms with E-state index in [0.29, 0.717) is 18.5 Å².